The molecule has 2 aromatic heterocycles. The van der Waals surface area contributed by atoms with Crippen molar-refractivity contribution in [2.45, 2.75) is 13.1 Å². The van der Waals surface area contributed by atoms with Crippen LogP contribution in [0.1, 0.15) is 0 Å². The Morgan fingerprint density at radius 2 is 1.03 bits per heavy atom. The smallest absolute Gasteiger partial charge is 0.266 e. The first-order valence-corrected chi connectivity index (χ1v) is 14.1. The summed E-state index contributed by atoms with van der Waals surface area (Å²) in [4.78, 5) is 0.849. The standard InChI is InChI=1S/C18H18N4O6S4.2H3N/c23-31(24,25)11-9-21-13-5-1-3-7-15(13)29-17(21)19-20-18-22(10-12-32(26,27)28)14-6-2-4-8-16(14)30-18;;/h1-8H,9-12H2,(H,23,24,25)(H,26,27,28);2*1H3. The van der Waals surface area contributed by atoms with Crippen LogP contribution in [0, 0.1) is 0 Å². The lowest BCUT2D eigenvalue weighted by molar-refractivity contribution is 0.476. The second-order valence-electron chi connectivity index (χ2n) is 6.78. The number of fused-ring (bicyclic) bond motifs is 2. The fraction of sp³-hybridized carbons (Fsp3) is 0.222. The van der Waals surface area contributed by atoms with Gasteiger partial charge in [0.15, 0.2) is 0 Å². The van der Waals surface area contributed by atoms with Gasteiger partial charge in [-0.05, 0) is 24.3 Å². The molecular formula is C18H24N6O6S4. The van der Waals surface area contributed by atoms with E-state index in [-0.39, 0.29) is 25.4 Å². The minimum Gasteiger partial charge on any atom is -0.344 e. The van der Waals surface area contributed by atoms with E-state index in [0.717, 1.165) is 20.4 Å². The van der Waals surface area contributed by atoms with Crippen LogP contribution in [-0.2, 0) is 33.3 Å². The molecule has 12 nitrogen and oxygen atoms in total. The molecule has 0 spiro atoms. The summed E-state index contributed by atoms with van der Waals surface area (Å²) in [6, 6.07) is 14.7. The van der Waals surface area contributed by atoms with Gasteiger partial charge >= 0.3 is 0 Å². The highest BCUT2D eigenvalue weighted by molar-refractivity contribution is 7.86. The van der Waals surface area contributed by atoms with Gasteiger partial charge in [0.1, 0.15) is 0 Å². The molecule has 0 saturated carbocycles. The molecule has 0 bridgehead atoms. The Balaban J connectivity index is 0.00000204. The van der Waals surface area contributed by atoms with Gasteiger partial charge in [-0.3, -0.25) is 9.11 Å². The van der Waals surface area contributed by atoms with Crippen LogP contribution in [0.4, 0.5) is 0 Å². The van der Waals surface area contributed by atoms with Gasteiger partial charge in [0.25, 0.3) is 20.2 Å². The van der Waals surface area contributed by atoms with Gasteiger partial charge < -0.3 is 21.4 Å². The highest BCUT2D eigenvalue weighted by atomic mass is 32.2. The van der Waals surface area contributed by atoms with Crippen molar-refractivity contribution in [3.05, 3.63) is 58.1 Å². The zero-order chi connectivity index (χ0) is 22.9. The highest BCUT2D eigenvalue weighted by Gasteiger charge is 2.12. The first kappa shape index (κ1) is 27.8. The molecule has 186 valence electrons. The fourth-order valence-corrected chi connectivity index (χ4v) is 5.97. The van der Waals surface area contributed by atoms with Gasteiger partial charge in [0.05, 0.1) is 31.9 Å². The van der Waals surface area contributed by atoms with Gasteiger partial charge in [-0.2, -0.15) is 16.8 Å². The second kappa shape index (κ2) is 10.9. The van der Waals surface area contributed by atoms with Gasteiger partial charge in [-0.15, -0.1) is 10.2 Å². The number of para-hydroxylation sites is 2. The van der Waals surface area contributed by atoms with Crippen molar-refractivity contribution in [1.82, 2.24) is 21.4 Å². The third kappa shape index (κ3) is 6.57. The summed E-state index contributed by atoms with van der Waals surface area (Å²) in [6.45, 7) is -0.0151. The molecule has 0 saturated heterocycles. The Morgan fingerprint density at radius 1 is 0.676 bits per heavy atom. The molecule has 0 radical (unpaired) electrons. The van der Waals surface area contributed by atoms with E-state index in [9.17, 15) is 16.8 Å². The van der Waals surface area contributed by atoms with Gasteiger partial charge in [0, 0.05) is 13.1 Å². The SMILES string of the molecule is N.N.O=S(=O)(O)CCn1c(=NN=c2sc3ccccc3n2CCS(=O)(=O)O)sc2ccccc21. The number of rotatable bonds is 7. The number of hydrogen-bond donors (Lipinski definition) is 4. The largest absolute Gasteiger partial charge is 0.344 e. The van der Waals surface area contributed by atoms with Gasteiger partial charge in [-0.1, -0.05) is 46.9 Å². The summed E-state index contributed by atoms with van der Waals surface area (Å²) in [7, 11) is -8.34. The molecule has 4 aromatic rings. The quantitative estimate of drug-likeness (QED) is 0.198. The van der Waals surface area contributed by atoms with Crippen molar-refractivity contribution in [3.8, 4) is 0 Å². The van der Waals surface area contributed by atoms with Crippen molar-refractivity contribution in [1.29, 1.82) is 0 Å². The zero-order valence-electron chi connectivity index (χ0n) is 17.8. The van der Waals surface area contributed by atoms with Crippen LogP contribution in [0.25, 0.3) is 20.4 Å². The fourth-order valence-electron chi connectivity index (χ4n) is 3.13. The van der Waals surface area contributed by atoms with Crippen LogP contribution in [0.5, 0.6) is 0 Å². The average molecular weight is 549 g/mol. The van der Waals surface area contributed by atoms with E-state index in [2.05, 4.69) is 10.2 Å². The minimum absolute atomic E-state index is 0. The summed E-state index contributed by atoms with van der Waals surface area (Å²) in [6.07, 6.45) is 0. The lowest BCUT2D eigenvalue weighted by Crippen LogP contribution is -2.22. The molecule has 0 amide bonds. The summed E-state index contributed by atoms with van der Waals surface area (Å²) >= 11 is 2.62. The summed E-state index contributed by atoms with van der Waals surface area (Å²) in [5.41, 5.74) is 1.51. The van der Waals surface area contributed by atoms with E-state index in [1.54, 1.807) is 9.13 Å². The van der Waals surface area contributed by atoms with Gasteiger partial charge in [0.2, 0.25) is 9.60 Å². The van der Waals surface area contributed by atoms with Crippen LogP contribution in [0.3, 0.4) is 0 Å². The molecule has 0 unspecified atom stereocenters. The third-order valence-corrected chi connectivity index (χ3v) is 8.04. The van der Waals surface area contributed by atoms with E-state index < -0.39 is 31.7 Å². The normalized spacial score (nSPS) is 13.2. The third-order valence-electron chi connectivity index (χ3n) is 4.54. The Kier molecular flexibility index (Phi) is 8.89. The van der Waals surface area contributed by atoms with Crippen molar-refractivity contribution in [2.24, 2.45) is 10.2 Å². The number of aryl methyl sites for hydroxylation is 2. The Hall–Kier alpha value is -2.44. The number of thiazole rings is 2. The Bertz CT molecular complexity index is 1520. The Labute approximate surface area is 203 Å². The number of benzene rings is 2. The maximum atomic E-state index is 11.3. The molecule has 8 N–H and O–H groups in total. The zero-order valence-corrected chi connectivity index (χ0v) is 21.1. The Morgan fingerprint density at radius 3 is 1.38 bits per heavy atom. The maximum absolute atomic E-state index is 11.3. The molecule has 2 heterocycles. The van der Waals surface area contributed by atoms with Crippen LogP contribution in [0.2, 0.25) is 0 Å². The molecule has 2 aromatic carbocycles. The topological polar surface area (TPSA) is 213 Å². The predicted molar refractivity (Wildman–Crippen MR) is 134 cm³/mol. The summed E-state index contributed by atoms with van der Waals surface area (Å²) in [5.74, 6) is -0.948. The molecule has 0 aliphatic carbocycles. The van der Waals surface area contributed by atoms with E-state index in [1.165, 1.54) is 22.7 Å². The second-order valence-corrected chi connectivity index (χ2v) is 11.9. The first-order valence-electron chi connectivity index (χ1n) is 9.25. The van der Waals surface area contributed by atoms with Crippen molar-refractivity contribution >= 4 is 63.3 Å². The van der Waals surface area contributed by atoms with Gasteiger partial charge in [-0.25, -0.2) is 0 Å². The lowest BCUT2D eigenvalue weighted by Gasteiger charge is -2.03. The molecule has 34 heavy (non-hydrogen) atoms. The molecular weight excluding hydrogens is 525 g/mol. The van der Waals surface area contributed by atoms with Crippen LogP contribution >= 0.6 is 22.7 Å². The van der Waals surface area contributed by atoms with E-state index in [4.69, 9.17) is 9.11 Å². The maximum Gasteiger partial charge on any atom is 0.266 e. The number of aromatic nitrogens is 2. The van der Waals surface area contributed by atoms with Crippen LogP contribution < -0.4 is 21.9 Å². The number of nitrogens with zero attached hydrogens (tertiary/aromatic N) is 4. The van der Waals surface area contributed by atoms with Crippen LogP contribution in [0.15, 0.2) is 58.7 Å². The molecule has 0 aliphatic heterocycles. The molecule has 4 rings (SSSR count). The molecule has 0 atom stereocenters. The van der Waals surface area contributed by atoms with E-state index in [0.29, 0.717) is 9.60 Å². The minimum atomic E-state index is -4.17. The molecule has 0 aliphatic rings. The molecule has 0 fully saturated rings. The predicted octanol–water partition coefficient (Wildman–Crippen LogP) is 2.24. The molecule has 16 heteroatoms. The average Bonchev–Trinajstić information content (AvgIpc) is 3.25. The van der Waals surface area contributed by atoms with Crippen molar-refractivity contribution < 1.29 is 25.9 Å². The summed E-state index contributed by atoms with van der Waals surface area (Å²) < 4.78 is 68.5. The monoisotopic (exact) mass is 548 g/mol. The lowest BCUT2D eigenvalue weighted by atomic mass is 10.3. The van der Waals surface area contributed by atoms with E-state index in [1.807, 2.05) is 48.5 Å². The van der Waals surface area contributed by atoms with Crippen molar-refractivity contribution in [3.63, 3.8) is 0 Å². The van der Waals surface area contributed by atoms with Crippen molar-refractivity contribution in [2.75, 3.05) is 11.5 Å². The number of hydrogen-bond acceptors (Lipinski definition) is 10. The van der Waals surface area contributed by atoms with Crippen LogP contribution in [-0.4, -0.2) is 46.6 Å². The van der Waals surface area contributed by atoms with E-state index >= 15 is 0 Å². The highest BCUT2D eigenvalue weighted by Crippen LogP contribution is 2.18. The first-order chi connectivity index (χ1) is 15.1. The summed E-state index contributed by atoms with van der Waals surface area (Å²) in [5, 5.41) is 8.64.